The van der Waals surface area contributed by atoms with Crippen molar-refractivity contribution in [3.63, 3.8) is 0 Å². The van der Waals surface area contributed by atoms with Crippen molar-refractivity contribution in [1.29, 1.82) is 0 Å². The Kier molecular flexibility index (Phi) is 4.00. The number of nitrogens with zero attached hydrogens (tertiary/aromatic N) is 1. The zero-order chi connectivity index (χ0) is 15.1. The second kappa shape index (κ2) is 5.27. The number of carboxylic acids is 1. The Labute approximate surface area is 125 Å². The number of hydrogen-bond acceptors (Lipinski definition) is 3. The lowest BCUT2D eigenvalue weighted by atomic mass is 9.85. The van der Waals surface area contributed by atoms with Gasteiger partial charge in [0.15, 0.2) is 0 Å². The molecule has 0 saturated carbocycles. The van der Waals surface area contributed by atoms with Crippen LogP contribution < -0.4 is 5.32 Å². The number of nitrogens with one attached hydrogen (secondary N) is 1. The monoisotopic (exact) mass is 320 g/mol. The Bertz CT molecular complexity index is 572. The van der Waals surface area contributed by atoms with Gasteiger partial charge in [-0.15, -0.1) is 0 Å². The van der Waals surface area contributed by atoms with Gasteiger partial charge >= 0.3 is 5.97 Å². The number of carbonyl (C=O) groups excluding carboxylic acids is 1. The largest absolute Gasteiger partial charge is 0.481 e. The first-order valence-corrected chi connectivity index (χ1v) is 6.65. The molecule has 2 rings (SSSR count). The Balaban J connectivity index is 2.20. The number of carbonyl (C=O) groups is 2. The van der Waals surface area contributed by atoms with E-state index < -0.39 is 23.3 Å². The Hall–Kier alpha value is -1.24. The minimum atomic E-state index is -1.14. The van der Waals surface area contributed by atoms with E-state index in [0.29, 0.717) is 0 Å². The summed E-state index contributed by atoms with van der Waals surface area (Å²) in [5.41, 5.74) is -0.881. The number of ether oxygens (including phenoxy) is 1. The lowest BCUT2D eigenvalue weighted by Crippen LogP contribution is -2.50. The average Bonchev–Trinajstić information content (AvgIpc) is 2.87. The van der Waals surface area contributed by atoms with Crippen molar-refractivity contribution in [3.8, 4) is 0 Å². The van der Waals surface area contributed by atoms with Gasteiger partial charge in [-0.25, -0.2) is 0 Å². The summed E-state index contributed by atoms with van der Waals surface area (Å²) in [6.45, 7) is 1.75. The first-order chi connectivity index (χ1) is 9.27. The fourth-order valence-electron chi connectivity index (χ4n) is 2.08. The molecule has 6 nitrogen and oxygen atoms in total. The van der Waals surface area contributed by atoms with E-state index in [1.807, 2.05) is 0 Å². The van der Waals surface area contributed by atoms with Crippen LogP contribution in [0.4, 0.5) is 0 Å². The molecular weight excluding hydrogens is 307 g/mol. The number of hydrogen-bond donors (Lipinski definition) is 2. The molecule has 8 heteroatoms. The van der Waals surface area contributed by atoms with Gasteiger partial charge in [-0.05, 0) is 13.0 Å². The van der Waals surface area contributed by atoms with Crippen LogP contribution in [0.1, 0.15) is 17.4 Å². The molecule has 2 N–H and O–H groups in total. The van der Waals surface area contributed by atoms with Crippen molar-refractivity contribution in [2.24, 2.45) is 12.5 Å². The maximum absolute atomic E-state index is 12.2. The van der Waals surface area contributed by atoms with Crippen LogP contribution in [0.2, 0.25) is 10.2 Å². The Morgan fingerprint density at radius 1 is 1.55 bits per heavy atom. The second-order valence-electron chi connectivity index (χ2n) is 4.99. The highest BCUT2D eigenvalue weighted by molar-refractivity contribution is 6.41. The first-order valence-electron chi connectivity index (χ1n) is 5.90. The van der Waals surface area contributed by atoms with Gasteiger partial charge in [0.1, 0.15) is 16.3 Å². The van der Waals surface area contributed by atoms with E-state index in [-0.39, 0.29) is 29.1 Å². The first kappa shape index (κ1) is 15.2. The predicted octanol–water partition coefficient (Wildman–Crippen LogP) is 1.55. The highest BCUT2D eigenvalue weighted by Crippen LogP contribution is 2.30. The standard InChI is InChI=1S/C12H14Cl2N2O4/c1-12(11(18)19)5-20-4-8(12)15-10(17)7-3-6(13)9(14)16(7)2/h3,8H,4-5H2,1-2H3,(H,15,17)(H,18,19). The number of amides is 1. The summed E-state index contributed by atoms with van der Waals surface area (Å²) in [4.78, 5) is 23.5. The quantitative estimate of drug-likeness (QED) is 0.885. The average molecular weight is 321 g/mol. The van der Waals surface area contributed by atoms with Crippen molar-refractivity contribution >= 4 is 35.1 Å². The van der Waals surface area contributed by atoms with E-state index in [1.54, 1.807) is 7.05 Å². The molecule has 1 aliphatic heterocycles. The maximum atomic E-state index is 12.2. The van der Waals surface area contributed by atoms with Crippen LogP contribution in [-0.2, 0) is 16.6 Å². The van der Waals surface area contributed by atoms with Crippen LogP contribution in [0.5, 0.6) is 0 Å². The van der Waals surface area contributed by atoms with E-state index in [4.69, 9.17) is 27.9 Å². The molecule has 1 saturated heterocycles. The summed E-state index contributed by atoms with van der Waals surface area (Å²) in [6, 6.07) is 0.826. The number of carboxylic acid groups (broad SMARTS) is 1. The summed E-state index contributed by atoms with van der Waals surface area (Å²) >= 11 is 11.7. The molecule has 1 fully saturated rings. The number of rotatable bonds is 3. The van der Waals surface area contributed by atoms with Gasteiger partial charge < -0.3 is 19.7 Å². The zero-order valence-electron chi connectivity index (χ0n) is 10.9. The van der Waals surface area contributed by atoms with Gasteiger partial charge in [0.25, 0.3) is 5.91 Å². The van der Waals surface area contributed by atoms with Crippen LogP contribution in [0.15, 0.2) is 6.07 Å². The maximum Gasteiger partial charge on any atom is 0.313 e. The van der Waals surface area contributed by atoms with Crippen LogP contribution in [0.25, 0.3) is 0 Å². The van der Waals surface area contributed by atoms with E-state index >= 15 is 0 Å². The summed E-state index contributed by atoms with van der Waals surface area (Å²) in [7, 11) is 1.60. The van der Waals surface area contributed by atoms with Crippen LogP contribution in [-0.4, -0.2) is 40.8 Å². The third-order valence-electron chi connectivity index (χ3n) is 3.60. The number of halogens is 2. The molecule has 0 spiro atoms. The molecule has 0 aromatic carbocycles. The third-order valence-corrected chi connectivity index (χ3v) is 4.44. The Morgan fingerprint density at radius 2 is 2.20 bits per heavy atom. The Morgan fingerprint density at radius 3 is 2.70 bits per heavy atom. The van der Waals surface area contributed by atoms with Crippen LogP contribution >= 0.6 is 23.2 Å². The highest BCUT2D eigenvalue weighted by Gasteiger charge is 2.47. The molecule has 2 heterocycles. The summed E-state index contributed by atoms with van der Waals surface area (Å²) in [5, 5.41) is 12.4. The van der Waals surface area contributed by atoms with Crippen molar-refractivity contribution in [2.75, 3.05) is 13.2 Å². The predicted molar refractivity (Wildman–Crippen MR) is 73.2 cm³/mol. The normalized spacial score (nSPS) is 25.7. The molecule has 110 valence electrons. The van der Waals surface area contributed by atoms with Crippen molar-refractivity contribution in [3.05, 3.63) is 21.9 Å². The second-order valence-corrected chi connectivity index (χ2v) is 5.76. The molecule has 2 atom stereocenters. The number of aromatic nitrogens is 1. The lowest BCUT2D eigenvalue weighted by molar-refractivity contribution is -0.148. The molecule has 0 radical (unpaired) electrons. The van der Waals surface area contributed by atoms with E-state index in [2.05, 4.69) is 5.32 Å². The van der Waals surface area contributed by atoms with Gasteiger partial charge in [-0.2, -0.15) is 0 Å². The SMILES string of the molecule is Cn1c(C(=O)NC2COCC2(C)C(=O)O)cc(Cl)c1Cl. The fourth-order valence-corrected chi connectivity index (χ4v) is 2.45. The molecule has 1 aromatic rings. The van der Waals surface area contributed by atoms with Crippen LogP contribution in [0, 0.1) is 5.41 Å². The molecule has 0 aliphatic carbocycles. The van der Waals surface area contributed by atoms with E-state index in [9.17, 15) is 14.7 Å². The highest BCUT2D eigenvalue weighted by atomic mass is 35.5. The summed E-state index contributed by atoms with van der Waals surface area (Å²) < 4.78 is 6.61. The third kappa shape index (κ3) is 2.39. The van der Waals surface area contributed by atoms with Crippen LogP contribution in [0.3, 0.4) is 0 Å². The van der Waals surface area contributed by atoms with Gasteiger partial charge in [0.2, 0.25) is 0 Å². The topological polar surface area (TPSA) is 80.6 Å². The summed E-state index contributed by atoms with van der Waals surface area (Å²) in [5.74, 6) is -1.45. The zero-order valence-corrected chi connectivity index (χ0v) is 12.5. The van der Waals surface area contributed by atoms with Gasteiger partial charge in [0, 0.05) is 7.05 Å². The van der Waals surface area contributed by atoms with Crippen molar-refractivity contribution < 1.29 is 19.4 Å². The van der Waals surface area contributed by atoms with E-state index in [1.165, 1.54) is 17.6 Å². The molecule has 2 unspecified atom stereocenters. The summed E-state index contributed by atoms with van der Waals surface area (Å²) in [6.07, 6.45) is 0. The lowest BCUT2D eigenvalue weighted by Gasteiger charge is -2.25. The van der Waals surface area contributed by atoms with Gasteiger partial charge in [-0.1, -0.05) is 23.2 Å². The molecule has 0 bridgehead atoms. The molecule has 1 amide bonds. The number of aliphatic carboxylic acids is 1. The smallest absolute Gasteiger partial charge is 0.313 e. The van der Waals surface area contributed by atoms with Crippen molar-refractivity contribution in [2.45, 2.75) is 13.0 Å². The molecule has 20 heavy (non-hydrogen) atoms. The minimum absolute atomic E-state index is 0.0575. The molecule has 1 aliphatic rings. The molecule has 1 aromatic heterocycles. The van der Waals surface area contributed by atoms with E-state index in [0.717, 1.165) is 0 Å². The van der Waals surface area contributed by atoms with Gasteiger partial charge in [0.05, 0.1) is 24.3 Å². The minimum Gasteiger partial charge on any atom is -0.481 e. The molecular formula is C12H14Cl2N2O4. The van der Waals surface area contributed by atoms with Gasteiger partial charge in [-0.3, -0.25) is 9.59 Å². The van der Waals surface area contributed by atoms with Crippen molar-refractivity contribution in [1.82, 2.24) is 9.88 Å². The fraction of sp³-hybridized carbons (Fsp3) is 0.500.